The maximum absolute atomic E-state index is 13.6. The summed E-state index contributed by atoms with van der Waals surface area (Å²) in [6.45, 7) is 5.24. The first-order chi connectivity index (χ1) is 20.5. The molecular weight excluding hydrogens is 574 g/mol. The number of fused-ring (bicyclic) bond motifs is 2. The van der Waals surface area contributed by atoms with Gasteiger partial charge < -0.3 is 14.7 Å². The molecule has 0 spiro atoms. The van der Waals surface area contributed by atoms with Crippen molar-refractivity contribution < 1.29 is 33.7 Å². The van der Waals surface area contributed by atoms with Crippen molar-refractivity contribution in [3.63, 3.8) is 0 Å². The number of β-lactam (4-membered cyclic amide) rings is 1. The number of nitrogens with zero attached hydrogens (tertiary/aromatic N) is 5. The number of amides is 1. The van der Waals surface area contributed by atoms with Gasteiger partial charge in [-0.25, -0.2) is 14.3 Å². The van der Waals surface area contributed by atoms with Crippen molar-refractivity contribution >= 4 is 45.1 Å². The molecule has 1 fully saturated rings. The number of imidazole rings is 1. The highest BCUT2D eigenvalue weighted by molar-refractivity contribution is 7.18. The van der Waals surface area contributed by atoms with Gasteiger partial charge in [0.05, 0.1) is 33.4 Å². The summed E-state index contributed by atoms with van der Waals surface area (Å²) in [7, 11) is 1.86. The zero-order chi connectivity index (χ0) is 30.7. The third-order valence-electron chi connectivity index (χ3n) is 8.23. The van der Waals surface area contributed by atoms with E-state index in [1.807, 2.05) is 31.5 Å². The van der Waals surface area contributed by atoms with Gasteiger partial charge in [0.1, 0.15) is 36.2 Å². The highest BCUT2D eigenvalue weighted by Crippen LogP contribution is 2.52. The number of carbonyl (C=O) groups excluding carboxylic acids is 3. The molecule has 1 aromatic carbocycles. The van der Waals surface area contributed by atoms with Crippen molar-refractivity contribution in [3.8, 4) is 0 Å². The summed E-state index contributed by atoms with van der Waals surface area (Å²) < 4.78 is 9.20. The maximum Gasteiger partial charge on any atom is 0.355 e. The molecule has 43 heavy (non-hydrogen) atoms. The van der Waals surface area contributed by atoms with Gasteiger partial charge in [0.2, 0.25) is 11.7 Å². The molecule has 4 aromatic rings. The lowest BCUT2D eigenvalue weighted by molar-refractivity contribution is -0.677. The van der Waals surface area contributed by atoms with Crippen LogP contribution in [0.15, 0.2) is 60.8 Å². The number of aliphatic hydroxyl groups excluding tert-OH is 1. The number of aryl methyl sites for hydroxylation is 2. The van der Waals surface area contributed by atoms with E-state index in [0.29, 0.717) is 26.4 Å². The van der Waals surface area contributed by atoms with Crippen LogP contribution in [0.25, 0.3) is 10.4 Å². The summed E-state index contributed by atoms with van der Waals surface area (Å²) >= 11 is 1.29. The summed E-state index contributed by atoms with van der Waals surface area (Å²) in [6.07, 6.45) is 4.17. The number of non-ortho nitro benzene ring substituents is 1. The first-order valence-electron chi connectivity index (χ1n) is 13.6. The summed E-state index contributed by atoms with van der Waals surface area (Å²) in [4.78, 5) is 57.7. The predicted octanol–water partition coefficient (Wildman–Crippen LogP) is 2.98. The van der Waals surface area contributed by atoms with Gasteiger partial charge in [0.15, 0.2) is 11.9 Å². The Morgan fingerprint density at radius 2 is 1.95 bits per heavy atom. The van der Waals surface area contributed by atoms with Crippen LogP contribution in [-0.4, -0.2) is 54.1 Å². The second-order valence-corrected chi connectivity index (χ2v) is 11.9. The minimum atomic E-state index is -0.906. The van der Waals surface area contributed by atoms with Crippen LogP contribution in [0.1, 0.15) is 46.0 Å². The summed E-state index contributed by atoms with van der Waals surface area (Å²) in [5, 5.41) is 21.3. The number of pyridine rings is 1. The van der Waals surface area contributed by atoms with E-state index in [4.69, 9.17) is 4.74 Å². The van der Waals surface area contributed by atoms with Crippen LogP contribution in [0.2, 0.25) is 0 Å². The van der Waals surface area contributed by atoms with Gasteiger partial charge in [-0.1, -0.05) is 6.92 Å². The molecule has 6 rings (SSSR count). The smallest absolute Gasteiger partial charge is 0.355 e. The zero-order valence-electron chi connectivity index (χ0n) is 23.8. The van der Waals surface area contributed by atoms with Gasteiger partial charge in [-0.05, 0) is 30.7 Å². The molecule has 0 bridgehead atoms. The molecule has 1 N–H and O–H groups in total. The SMILES string of the molecule is Cc1ccc(C(=O)c2ncn3cc(C4=C(C(=O)OCc5ccc([N+](=O)[O-])cc5)N5C(=O)[C@H]([C@@H](C)O)[C@H]5[C@H]4C)sc23)c[n+]1C. The van der Waals surface area contributed by atoms with Crippen molar-refractivity contribution in [3.05, 3.63) is 98.3 Å². The van der Waals surface area contributed by atoms with E-state index < -0.39 is 29.0 Å². The number of rotatable bonds is 8. The number of ether oxygens (including phenoxy) is 1. The second-order valence-electron chi connectivity index (χ2n) is 10.9. The number of nitro groups is 1. The number of esters is 1. The highest BCUT2D eigenvalue weighted by atomic mass is 32.1. The second kappa shape index (κ2) is 10.5. The quantitative estimate of drug-likeness (QED) is 0.0808. The molecule has 2 aliphatic heterocycles. The number of hydrogen-bond acceptors (Lipinski definition) is 9. The molecule has 2 aliphatic rings. The average molecular weight is 603 g/mol. The van der Waals surface area contributed by atoms with Crippen molar-refractivity contribution in [2.24, 2.45) is 18.9 Å². The molecule has 220 valence electrons. The van der Waals surface area contributed by atoms with E-state index in [9.17, 15) is 29.6 Å². The van der Waals surface area contributed by atoms with Crippen LogP contribution in [0.5, 0.6) is 0 Å². The average Bonchev–Trinajstić information content (AvgIpc) is 3.62. The van der Waals surface area contributed by atoms with Crippen molar-refractivity contribution in [2.75, 3.05) is 0 Å². The lowest BCUT2D eigenvalue weighted by Crippen LogP contribution is -2.63. The Hall–Kier alpha value is -4.75. The van der Waals surface area contributed by atoms with Gasteiger partial charge in [0.25, 0.3) is 5.69 Å². The molecule has 0 unspecified atom stereocenters. The Labute approximate surface area is 249 Å². The summed E-state index contributed by atoms with van der Waals surface area (Å²) in [5.41, 5.74) is 2.90. The topological polar surface area (TPSA) is 148 Å². The van der Waals surface area contributed by atoms with Crippen molar-refractivity contribution in [1.82, 2.24) is 14.3 Å². The van der Waals surface area contributed by atoms with E-state index in [1.54, 1.807) is 36.1 Å². The van der Waals surface area contributed by atoms with Crippen LogP contribution in [0, 0.1) is 28.9 Å². The van der Waals surface area contributed by atoms with Gasteiger partial charge in [-0.3, -0.25) is 24.1 Å². The van der Waals surface area contributed by atoms with Gasteiger partial charge in [-0.15, -0.1) is 11.3 Å². The Morgan fingerprint density at radius 3 is 2.60 bits per heavy atom. The van der Waals surface area contributed by atoms with Gasteiger partial charge >= 0.3 is 5.97 Å². The van der Waals surface area contributed by atoms with Gasteiger partial charge in [-0.2, -0.15) is 0 Å². The highest BCUT2D eigenvalue weighted by Gasteiger charge is 2.60. The monoisotopic (exact) mass is 602 g/mol. The van der Waals surface area contributed by atoms with Crippen molar-refractivity contribution in [2.45, 2.75) is 39.5 Å². The predicted molar refractivity (Wildman–Crippen MR) is 154 cm³/mol. The van der Waals surface area contributed by atoms with E-state index >= 15 is 0 Å². The lowest BCUT2D eigenvalue weighted by atomic mass is 9.77. The Bertz CT molecular complexity index is 1860. The molecule has 3 aromatic heterocycles. The number of aliphatic hydroxyl groups is 1. The van der Waals surface area contributed by atoms with E-state index in [-0.39, 0.29) is 41.3 Å². The lowest BCUT2D eigenvalue weighted by Gasteiger charge is -2.46. The molecule has 4 atom stereocenters. The summed E-state index contributed by atoms with van der Waals surface area (Å²) in [5.74, 6) is -2.31. The number of hydrogen-bond donors (Lipinski definition) is 1. The van der Waals surface area contributed by atoms with Gasteiger partial charge in [0, 0.05) is 42.8 Å². The molecule has 1 saturated heterocycles. The Balaban J connectivity index is 1.36. The first kappa shape index (κ1) is 28.4. The van der Waals surface area contributed by atoms with Crippen LogP contribution < -0.4 is 4.57 Å². The third-order valence-corrected chi connectivity index (χ3v) is 9.37. The minimum absolute atomic E-state index is 0.0828. The molecule has 13 heteroatoms. The fourth-order valence-corrected chi connectivity index (χ4v) is 7.06. The number of aromatic nitrogens is 3. The van der Waals surface area contributed by atoms with Crippen LogP contribution >= 0.6 is 11.3 Å². The molecule has 0 aliphatic carbocycles. The maximum atomic E-state index is 13.6. The zero-order valence-corrected chi connectivity index (χ0v) is 24.6. The van der Waals surface area contributed by atoms with E-state index in [1.165, 1.54) is 40.5 Å². The molecule has 1 amide bonds. The van der Waals surface area contributed by atoms with E-state index in [2.05, 4.69) is 4.98 Å². The third kappa shape index (κ3) is 4.61. The fourth-order valence-electron chi connectivity index (χ4n) is 5.85. The first-order valence-corrected chi connectivity index (χ1v) is 14.4. The minimum Gasteiger partial charge on any atom is -0.456 e. The Morgan fingerprint density at radius 1 is 1.23 bits per heavy atom. The van der Waals surface area contributed by atoms with Crippen LogP contribution in [0.3, 0.4) is 0 Å². The number of carbonyl (C=O) groups is 3. The normalized spacial score (nSPS) is 20.3. The number of nitro benzene ring substituents is 1. The number of benzene rings is 1. The summed E-state index contributed by atoms with van der Waals surface area (Å²) in [6, 6.07) is 8.84. The van der Waals surface area contributed by atoms with Crippen LogP contribution in [0.4, 0.5) is 5.69 Å². The number of thiazole rings is 1. The van der Waals surface area contributed by atoms with Crippen LogP contribution in [-0.2, 0) is 28.0 Å². The Kier molecular flexibility index (Phi) is 6.93. The largest absolute Gasteiger partial charge is 0.456 e. The molecule has 0 saturated carbocycles. The standard InChI is InChI=1S/C30H28N5O7S/c1-15-5-8-19(11-32(15)4)27(37)24-29-33(14-31-24)12-21(43-29)22-16(2)25-23(17(3)36)28(38)34(25)26(22)30(39)42-13-18-6-9-20(10-7-18)35(40)41/h5-12,14,16-17,23,25,36H,13H2,1-4H3/q+1/t16-,17+,23+,25+/m0/s1. The molecule has 5 heterocycles. The molecule has 12 nitrogen and oxygen atoms in total. The van der Waals surface area contributed by atoms with E-state index in [0.717, 1.165) is 5.69 Å². The molecular formula is C30H28N5O7S+. The number of ketones is 1. The van der Waals surface area contributed by atoms with Crippen molar-refractivity contribution in [1.29, 1.82) is 0 Å². The molecule has 0 radical (unpaired) electrons. The fraction of sp³-hybridized carbons (Fsp3) is 0.300.